The number of carboxylic acid groups (broad SMARTS) is 1. The topological polar surface area (TPSA) is 78.8 Å². The highest BCUT2D eigenvalue weighted by molar-refractivity contribution is 5.78. The van der Waals surface area contributed by atoms with Gasteiger partial charge in [-0.15, -0.1) is 0 Å². The Balaban J connectivity index is 1.67. The van der Waals surface area contributed by atoms with Gasteiger partial charge < -0.3 is 19.6 Å². The van der Waals surface area contributed by atoms with Crippen LogP contribution in [0.25, 0.3) is 0 Å². The van der Waals surface area contributed by atoms with E-state index in [-0.39, 0.29) is 0 Å². The number of rotatable bonds is 5. The molecule has 1 fully saturated rings. The zero-order valence-electron chi connectivity index (χ0n) is 15.5. The van der Waals surface area contributed by atoms with Gasteiger partial charge in [0, 0.05) is 32.8 Å². The Hall–Kier alpha value is -2.67. The van der Waals surface area contributed by atoms with Gasteiger partial charge in [-0.3, -0.25) is 0 Å². The van der Waals surface area contributed by atoms with Crippen LogP contribution in [0.15, 0.2) is 30.3 Å². The smallest absolute Gasteiger partial charge is 0.326 e. The summed E-state index contributed by atoms with van der Waals surface area (Å²) in [7, 11) is 1.63. The van der Waals surface area contributed by atoms with Gasteiger partial charge in [0.05, 0.1) is 12.3 Å². The molecule has 0 amide bonds. The fourth-order valence-corrected chi connectivity index (χ4v) is 3.94. The molecule has 27 heavy (non-hydrogen) atoms. The molecule has 0 radical (unpaired) electrons. The number of ether oxygens (including phenoxy) is 1. The Kier molecular flexibility index (Phi) is 4.94. The number of fused-ring (bicyclic) bond motifs is 1. The third-order valence-corrected chi connectivity index (χ3v) is 5.29. The van der Waals surface area contributed by atoms with E-state index in [1.807, 2.05) is 11.0 Å². The van der Waals surface area contributed by atoms with Gasteiger partial charge in [0.2, 0.25) is 5.95 Å². The van der Waals surface area contributed by atoms with Crippen LogP contribution in [0.3, 0.4) is 0 Å². The average molecular weight is 368 g/mol. The van der Waals surface area contributed by atoms with Crippen molar-refractivity contribution < 1.29 is 14.6 Å². The Morgan fingerprint density at radius 1 is 1.26 bits per heavy atom. The molecule has 2 aliphatic rings. The van der Waals surface area contributed by atoms with E-state index in [0.717, 1.165) is 31.6 Å². The molecule has 1 N–H and O–H groups in total. The predicted octanol–water partition coefficient (Wildman–Crippen LogP) is 2.24. The molecular formula is C20H24N4O3. The number of methoxy groups -OCH3 is 1. The van der Waals surface area contributed by atoms with Crippen molar-refractivity contribution in [2.24, 2.45) is 0 Å². The van der Waals surface area contributed by atoms with E-state index in [1.54, 1.807) is 7.11 Å². The Labute approximate surface area is 158 Å². The van der Waals surface area contributed by atoms with Crippen LogP contribution in [-0.2, 0) is 29.1 Å². The van der Waals surface area contributed by atoms with Gasteiger partial charge in [0.1, 0.15) is 11.9 Å². The van der Waals surface area contributed by atoms with Crippen molar-refractivity contribution in [3.8, 4) is 0 Å². The third-order valence-electron chi connectivity index (χ3n) is 5.29. The highest BCUT2D eigenvalue weighted by Crippen LogP contribution is 2.28. The Morgan fingerprint density at radius 2 is 2.07 bits per heavy atom. The van der Waals surface area contributed by atoms with Gasteiger partial charge in [0.15, 0.2) is 0 Å². The molecule has 1 unspecified atom stereocenters. The molecule has 0 spiro atoms. The lowest BCUT2D eigenvalue weighted by Crippen LogP contribution is -2.37. The molecule has 0 saturated carbocycles. The number of benzene rings is 1. The van der Waals surface area contributed by atoms with Gasteiger partial charge >= 0.3 is 5.97 Å². The average Bonchev–Trinajstić information content (AvgIpc) is 3.18. The number of carboxylic acids is 1. The van der Waals surface area contributed by atoms with Crippen molar-refractivity contribution in [1.29, 1.82) is 0 Å². The van der Waals surface area contributed by atoms with E-state index >= 15 is 0 Å². The molecule has 2 aromatic rings. The number of aromatic nitrogens is 2. The first kappa shape index (κ1) is 17.7. The number of nitrogens with zero attached hydrogens (tertiary/aromatic N) is 4. The van der Waals surface area contributed by atoms with Crippen LogP contribution in [-0.4, -0.2) is 47.3 Å². The molecule has 142 valence electrons. The van der Waals surface area contributed by atoms with Gasteiger partial charge in [-0.1, -0.05) is 24.3 Å². The van der Waals surface area contributed by atoms with Crippen LogP contribution in [0, 0.1) is 0 Å². The van der Waals surface area contributed by atoms with Gasteiger partial charge in [-0.2, -0.15) is 4.98 Å². The van der Waals surface area contributed by atoms with Crippen molar-refractivity contribution in [1.82, 2.24) is 9.97 Å². The molecule has 1 aromatic carbocycles. The first-order chi connectivity index (χ1) is 13.2. The minimum absolute atomic E-state index is 0.374. The van der Waals surface area contributed by atoms with Crippen molar-refractivity contribution >= 4 is 17.7 Å². The second-order valence-corrected chi connectivity index (χ2v) is 7.08. The van der Waals surface area contributed by atoms with E-state index < -0.39 is 12.0 Å². The van der Waals surface area contributed by atoms with Gasteiger partial charge in [-0.05, 0) is 30.4 Å². The number of aliphatic carboxylic acids is 1. The van der Waals surface area contributed by atoms with Crippen LogP contribution < -0.4 is 9.80 Å². The lowest BCUT2D eigenvalue weighted by molar-refractivity contribution is -0.138. The molecule has 3 heterocycles. The highest BCUT2D eigenvalue weighted by Gasteiger charge is 2.32. The molecule has 7 heteroatoms. The van der Waals surface area contributed by atoms with Crippen LogP contribution in [0.5, 0.6) is 0 Å². The zero-order valence-corrected chi connectivity index (χ0v) is 15.5. The maximum Gasteiger partial charge on any atom is 0.326 e. The quantitative estimate of drug-likeness (QED) is 0.867. The summed E-state index contributed by atoms with van der Waals surface area (Å²) in [6.07, 6.45) is 2.45. The van der Waals surface area contributed by atoms with Crippen LogP contribution in [0.1, 0.15) is 29.7 Å². The van der Waals surface area contributed by atoms with Crippen LogP contribution in [0.2, 0.25) is 0 Å². The fraction of sp³-hybridized carbons (Fsp3) is 0.450. The largest absolute Gasteiger partial charge is 0.480 e. The summed E-state index contributed by atoms with van der Waals surface area (Å²) >= 11 is 0. The molecule has 0 bridgehead atoms. The maximum atomic E-state index is 11.6. The van der Waals surface area contributed by atoms with E-state index in [4.69, 9.17) is 9.72 Å². The second-order valence-electron chi connectivity index (χ2n) is 7.08. The molecule has 0 aliphatic carbocycles. The van der Waals surface area contributed by atoms with Crippen LogP contribution >= 0.6 is 0 Å². The van der Waals surface area contributed by atoms with E-state index in [1.165, 1.54) is 11.1 Å². The Morgan fingerprint density at radius 3 is 2.85 bits per heavy atom. The van der Waals surface area contributed by atoms with Crippen molar-refractivity contribution in [3.05, 3.63) is 47.2 Å². The summed E-state index contributed by atoms with van der Waals surface area (Å²) in [6, 6.07) is 9.76. The standard InChI is InChI=1S/C20H24N4O3/c1-27-13-16-11-18(24-9-4-7-17(24)19(25)26)22-20(21-16)23-10-8-14-5-2-3-6-15(14)12-23/h2-3,5-6,11,17H,4,7-10,12-13H2,1H3,(H,25,26). The molecule has 1 aromatic heterocycles. The molecule has 1 atom stereocenters. The summed E-state index contributed by atoms with van der Waals surface area (Å²) in [4.78, 5) is 25.1. The lowest BCUT2D eigenvalue weighted by Gasteiger charge is -2.30. The van der Waals surface area contributed by atoms with Crippen molar-refractivity contribution in [3.63, 3.8) is 0 Å². The van der Waals surface area contributed by atoms with Crippen molar-refractivity contribution in [2.45, 2.75) is 38.5 Å². The summed E-state index contributed by atoms with van der Waals surface area (Å²) in [6.45, 7) is 2.67. The minimum Gasteiger partial charge on any atom is -0.480 e. The van der Waals surface area contributed by atoms with Gasteiger partial charge in [-0.25, -0.2) is 9.78 Å². The monoisotopic (exact) mass is 368 g/mol. The highest BCUT2D eigenvalue weighted by atomic mass is 16.5. The fourth-order valence-electron chi connectivity index (χ4n) is 3.94. The van der Waals surface area contributed by atoms with Crippen LogP contribution in [0.4, 0.5) is 11.8 Å². The first-order valence-electron chi connectivity index (χ1n) is 9.34. The number of anilines is 2. The molecule has 4 rings (SSSR count). The predicted molar refractivity (Wildman–Crippen MR) is 102 cm³/mol. The summed E-state index contributed by atoms with van der Waals surface area (Å²) < 4.78 is 5.27. The summed E-state index contributed by atoms with van der Waals surface area (Å²) in [5.74, 6) is 0.522. The zero-order chi connectivity index (χ0) is 18.8. The number of carbonyl (C=O) groups is 1. The molecular weight excluding hydrogens is 344 g/mol. The maximum absolute atomic E-state index is 11.6. The normalized spacial score (nSPS) is 19.2. The minimum atomic E-state index is -0.798. The van der Waals surface area contributed by atoms with E-state index in [0.29, 0.717) is 31.3 Å². The lowest BCUT2D eigenvalue weighted by atomic mass is 10.0. The van der Waals surface area contributed by atoms with E-state index in [2.05, 4.69) is 34.1 Å². The van der Waals surface area contributed by atoms with Gasteiger partial charge in [0.25, 0.3) is 0 Å². The number of hydrogen-bond acceptors (Lipinski definition) is 6. The molecule has 7 nitrogen and oxygen atoms in total. The Bertz CT molecular complexity index is 842. The molecule has 2 aliphatic heterocycles. The molecule has 1 saturated heterocycles. The first-order valence-corrected chi connectivity index (χ1v) is 9.34. The summed E-state index contributed by atoms with van der Waals surface area (Å²) in [5.41, 5.74) is 3.43. The third kappa shape index (κ3) is 3.60. The van der Waals surface area contributed by atoms with Crippen molar-refractivity contribution in [2.75, 3.05) is 30.0 Å². The van der Waals surface area contributed by atoms with E-state index in [9.17, 15) is 9.90 Å². The summed E-state index contributed by atoms with van der Waals surface area (Å²) in [5, 5.41) is 9.52. The second kappa shape index (κ2) is 7.52. The SMILES string of the molecule is COCc1cc(N2CCCC2C(=O)O)nc(N2CCc3ccccc3C2)n1. The number of hydrogen-bond donors (Lipinski definition) is 1.